The van der Waals surface area contributed by atoms with Crippen molar-refractivity contribution in [3.05, 3.63) is 54.4 Å². The molecule has 2 aliphatic rings. The molecule has 27 heavy (non-hydrogen) atoms. The predicted molar refractivity (Wildman–Crippen MR) is 110 cm³/mol. The average Bonchev–Trinajstić information content (AvgIpc) is 3.32. The number of carbonyl (C=O) groups is 1. The van der Waals surface area contributed by atoms with Gasteiger partial charge in [0.1, 0.15) is 0 Å². The van der Waals surface area contributed by atoms with Gasteiger partial charge >= 0.3 is 0 Å². The summed E-state index contributed by atoms with van der Waals surface area (Å²) in [5.74, 6) is 1.77. The molecule has 2 bridgehead atoms. The molecule has 2 saturated carbocycles. The van der Waals surface area contributed by atoms with Crippen molar-refractivity contribution in [2.45, 2.75) is 38.6 Å². The van der Waals surface area contributed by atoms with Crippen molar-refractivity contribution in [2.24, 2.45) is 17.8 Å². The number of hydrogen-bond donors (Lipinski definition) is 0. The molecule has 0 aliphatic heterocycles. The molecule has 4 atom stereocenters. The molecule has 0 unspecified atom stereocenters. The lowest BCUT2D eigenvalue weighted by Crippen LogP contribution is -2.40. The Hall–Kier alpha value is -2.36. The molecular weight excluding hydrogens is 334 g/mol. The SMILES string of the molecule is C[C@@H](c1ccccn1)N(C(=O)[C@H]1C[C@H]2CC[C@H]1C2)c1ccc(N(C)C)cc1. The fourth-order valence-corrected chi connectivity index (χ4v) is 4.93. The summed E-state index contributed by atoms with van der Waals surface area (Å²) >= 11 is 0. The van der Waals surface area contributed by atoms with Crippen molar-refractivity contribution in [1.29, 1.82) is 0 Å². The molecule has 0 spiro atoms. The largest absolute Gasteiger partial charge is 0.378 e. The molecule has 2 aromatic rings. The van der Waals surface area contributed by atoms with Crippen molar-refractivity contribution < 1.29 is 4.79 Å². The second kappa shape index (κ2) is 7.34. The first-order valence-electron chi connectivity index (χ1n) is 10.1. The van der Waals surface area contributed by atoms with Gasteiger partial charge in [0.05, 0.1) is 11.7 Å². The maximum atomic E-state index is 13.7. The van der Waals surface area contributed by atoms with Crippen molar-refractivity contribution in [1.82, 2.24) is 4.98 Å². The Kier molecular flexibility index (Phi) is 4.90. The molecule has 0 saturated heterocycles. The number of fused-ring (bicyclic) bond motifs is 2. The number of anilines is 2. The van der Waals surface area contributed by atoms with E-state index in [2.05, 4.69) is 41.1 Å². The quantitative estimate of drug-likeness (QED) is 0.774. The number of hydrogen-bond acceptors (Lipinski definition) is 3. The highest BCUT2D eigenvalue weighted by atomic mass is 16.2. The van der Waals surface area contributed by atoms with E-state index in [9.17, 15) is 4.79 Å². The average molecular weight is 364 g/mol. The molecule has 142 valence electrons. The predicted octanol–water partition coefficient (Wildman–Crippen LogP) is 4.68. The molecule has 4 rings (SSSR count). The van der Waals surface area contributed by atoms with Crippen LogP contribution < -0.4 is 9.80 Å². The van der Waals surface area contributed by atoms with Crippen LogP contribution in [0, 0.1) is 17.8 Å². The Morgan fingerprint density at radius 3 is 2.33 bits per heavy atom. The standard InChI is InChI=1S/C23H29N3O/c1-16(22-6-4-5-13-24-22)26(20-11-9-19(10-12-20)25(2)3)23(27)21-15-17-7-8-18(21)14-17/h4-6,9-13,16-18,21H,7-8,14-15H2,1-3H3/t16-,17-,18-,21-/m0/s1. The van der Waals surface area contributed by atoms with Crippen LogP contribution in [0.3, 0.4) is 0 Å². The van der Waals surface area contributed by atoms with E-state index < -0.39 is 0 Å². The summed E-state index contributed by atoms with van der Waals surface area (Å²) in [5, 5.41) is 0. The zero-order valence-corrected chi connectivity index (χ0v) is 16.5. The van der Waals surface area contributed by atoms with E-state index in [1.807, 2.05) is 37.2 Å². The maximum Gasteiger partial charge on any atom is 0.231 e. The van der Waals surface area contributed by atoms with Crippen LogP contribution in [0.2, 0.25) is 0 Å². The summed E-state index contributed by atoms with van der Waals surface area (Å²) in [6.07, 6.45) is 6.63. The van der Waals surface area contributed by atoms with Crippen LogP contribution in [0.5, 0.6) is 0 Å². The highest BCUT2D eigenvalue weighted by molar-refractivity contribution is 5.96. The minimum absolute atomic E-state index is 0.0805. The second-order valence-corrected chi connectivity index (χ2v) is 8.33. The number of aromatic nitrogens is 1. The highest BCUT2D eigenvalue weighted by Gasteiger charge is 2.45. The van der Waals surface area contributed by atoms with Crippen LogP contribution in [-0.4, -0.2) is 25.0 Å². The van der Waals surface area contributed by atoms with Gasteiger partial charge < -0.3 is 9.80 Å². The van der Waals surface area contributed by atoms with Crippen molar-refractivity contribution in [3.63, 3.8) is 0 Å². The van der Waals surface area contributed by atoms with Crippen molar-refractivity contribution in [2.75, 3.05) is 23.9 Å². The lowest BCUT2D eigenvalue weighted by atomic mass is 9.87. The van der Waals surface area contributed by atoms with Crippen LogP contribution in [-0.2, 0) is 4.79 Å². The Balaban J connectivity index is 1.67. The third kappa shape index (κ3) is 3.45. The summed E-state index contributed by atoms with van der Waals surface area (Å²) < 4.78 is 0. The molecule has 1 aromatic carbocycles. The van der Waals surface area contributed by atoms with Gasteiger partial charge in [-0.25, -0.2) is 0 Å². The lowest BCUT2D eigenvalue weighted by molar-refractivity contribution is -0.124. The van der Waals surface area contributed by atoms with E-state index in [-0.39, 0.29) is 17.9 Å². The van der Waals surface area contributed by atoms with Crippen molar-refractivity contribution in [3.8, 4) is 0 Å². The Morgan fingerprint density at radius 2 is 1.78 bits per heavy atom. The van der Waals surface area contributed by atoms with Gasteiger partial charge in [-0.1, -0.05) is 12.5 Å². The van der Waals surface area contributed by atoms with Gasteiger partial charge in [0.2, 0.25) is 5.91 Å². The second-order valence-electron chi connectivity index (χ2n) is 8.33. The fourth-order valence-electron chi connectivity index (χ4n) is 4.93. The van der Waals surface area contributed by atoms with Crippen LogP contribution >= 0.6 is 0 Å². The third-order valence-electron chi connectivity index (χ3n) is 6.44. The number of pyridine rings is 1. The third-order valence-corrected chi connectivity index (χ3v) is 6.44. The van der Waals surface area contributed by atoms with E-state index >= 15 is 0 Å². The zero-order chi connectivity index (χ0) is 19.0. The molecule has 1 heterocycles. The number of rotatable bonds is 5. The summed E-state index contributed by atoms with van der Waals surface area (Å²) in [5.41, 5.74) is 3.04. The first-order valence-corrected chi connectivity index (χ1v) is 10.1. The molecule has 2 fully saturated rings. The van der Waals surface area contributed by atoms with Gasteiger partial charge in [-0.3, -0.25) is 9.78 Å². The molecule has 4 nitrogen and oxygen atoms in total. The van der Waals surface area contributed by atoms with Gasteiger partial charge in [-0.05, 0) is 74.4 Å². The number of nitrogens with zero attached hydrogens (tertiary/aromatic N) is 3. The number of carbonyl (C=O) groups excluding carboxylic acids is 1. The van der Waals surface area contributed by atoms with Gasteiger partial charge in [0.15, 0.2) is 0 Å². The van der Waals surface area contributed by atoms with Crippen LogP contribution in [0.4, 0.5) is 11.4 Å². The van der Waals surface area contributed by atoms with Crippen LogP contribution in [0.15, 0.2) is 48.7 Å². The van der Waals surface area contributed by atoms with Crippen molar-refractivity contribution >= 4 is 17.3 Å². The van der Waals surface area contributed by atoms with Gasteiger partial charge in [0.25, 0.3) is 0 Å². The lowest BCUT2D eigenvalue weighted by Gasteiger charge is -2.34. The minimum Gasteiger partial charge on any atom is -0.378 e. The normalized spacial score (nSPS) is 24.6. The summed E-state index contributed by atoms with van der Waals surface area (Å²) in [7, 11) is 4.06. The fraction of sp³-hybridized carbons (Fsp3) is 0.478. The smallest absolute Gasteiger partial charge is 0.231 e. The Labute approximate surface area is 162 Å². The van der Waals surface area contributed by atoms with Gasteiger partial charge in [-0.15, -0.1) is 0 Å². The zero-order valence-electron chi connectivity index (χ0n) is 16.5. The minimum atomic E-state index is -0.0805. The van der Waals surface area contributed by atoms with Crippen LogP contribution in [0.1, 0.15) is 44.3 Å². The number of amides is 1. The molecule has 1 amide bonds. The molecule has 4 heteroatoms. The van der Waals surface area contributed by atoms with E-state index in [0.29, 0.717) is 5.92 Å². The molecule has 1 aromatic heterocycles. The first kappa shape index (κ1) is 18.0. The molecule has 0 N–H and O–H groups in total. The number of benzene rings is 1. The van der Waals surface area contributed by atoms with E-state index in [4.69, 9.17) is 0 Å². The molecule has 0 radical (unpaired) electrons. The van der Waals surface area contributed by atoms with E-state index in [1.165, 1.54) is 19.3 Å². The first-order chi connectivity index (χ1) is 13.0. The highest BCUT2D eigenvalue weighted by Crippen LogP contribution is 2.49. The van der Waals surface area contributed by atoms with Gasteiger partial charge in [0, 0.05) is 37.6 Å². The van der Waals surface area contributed by atoms with Crippen LogP contribution in [0.25, 0.3) is 0 Å². The summed E-state index contributed by atoms with van der Waals surface area (Å²) in [6, 6.07) is 14.2. The summed E-state index contributed by atoms with van der Waals surface area (Å²) in [6.45, 7) is 2.09. The topological polar surface area (TPSA) is 36.4 Å². The monoisotopic (exact) mass is 363 g/mol. The summed E-state index contributed by atoms with van der Waals surface area (Å²) in [4.78, 5) is 22.3. The Morgan fingerprint density at radius 1 is 1.04 bits per heavy atom. The van der Waals surface area contributed by atoms with E-state index in [1.54, 1.807) is 6.20 Å². The Bertz CT molecular complexity index is 787. The molecular formula is C23H29N3O. The van der Waals surface area contributed by atoms with Gasteiger partial charge in [-0.2, -0.15) is 0 Å². The molecule has 2 aliphatic carbocycles. The maximum absolute atomic E-state index is 13.7. The van der Waals surface area contributed by atoms with E-state index in [0.717, 1.165) is 29.4 Å².